The molecular weight excluding hydrogens is 372 g/mol. The smallest absolute Gasteiger partial charge is 0.279 e. The largest absolute Gasteiger partial charge is 0.324 e. The first-order valence-electron chi connectivity index (χ1n) is 9.63. The number of carbonyl (C=O) groups excluding carboxylic acids is 1. The summed E-state index contributed by atoms with van der Waals surface area (Å²) in [4.78, 5) is 27.9. The molecule has 4 rings (SSSR count). The van der Waals surface area contributed by atoms with Gasteiger partial charge in [-0.1, -0.05) is 24.3 Å². The number of fused-ring (bicyclic) bond motifs is 3. The Labute approximate surface area is 167 Å². The van der Waals surface area contributed by atoms with Crippen LogP contribution in [0, 0.1) is 19.8 Å². The molecule has 6 nitrogen and oxygen atoms in total. The fourth-order valence-corrected chi connectivity index (χ4v) is 5.06. The fourth-order valence-electron chi connectivity index (χ4n) is 3.74. The molecule has 0 saturated carbocycles. The third-order valence-electron chi connectivity index (χ3n) is 5.54. The van der Waals surface area contributed by atoms with Gasteiger partial charge in [-0.25, -0.2) is 0 Å². The molecule has 0 unspecified atom stereocenters. The minimum Gasteiger partial charge on any atom is -0.324 e. The minimum atomic E-state index is -0.748. The number of aryl methyl sites for hydroxylation is 3. The van der Waals surface area contributed by atoms with E-state index in [1.165, 1.54) is 9.56 Å². The van der Waals surface area contributed by atoms with Crippen molar-refractivity contribution in [2.24, 2.45) is 5.92 Å². The molecule has 0 fully saturated rings. The zero-order valence-electron chi connectivity index (χ0n) is 16.6. The van der Waals surface area contributed by atoms with Crippen LogP contribution >= 0.6 is 11.3 Å². The zero-order valence-corrected chi connectivity index (χ0v) is 17.4. The summed E-state index contributed by atoms with van der Waals surface area (Å²) in [5.74, 6) is 0.347. The molecule has 1 N–H and O–H groups in total. The monoisotopic (exact) mass is 396 g/mol. The van der Waals surface area contributed by atoms with E-state index in [0.29, 0.717) is 16.1 Å². The van der Waals surface area contributed by atoms with Crippen molar-refractivity contribution in [1.29, 1.82) is 0 Å². The standard InChI is InChI=1S/C21H24N4O2S/c1-11-5-7-13(3)16(9-11)22-19(26)14(4)25-21(27)18-15-8-6-12(2)10-17(15)28-20(18)23-24-25/h5,7,9,12,14H,6,8,10H2,1-4H3,(H,22,26)/t12-,14+/m0/s1. The summed E-state index contributed by atoms with van der Waals surface area (Å²) >= 11 is 1.57. The molecule has 1 aliphatic carbocycles. The van der Waals surface area contributed by atoms with Crippen LogP contribution < -0.4 is 10.9 Å². The van der Waals surface area contributed by atoms with Crippen molar-refractivity contribution >= 4 is 33.1 Å². The molecule has 0 bridgehead atoms. The minimum absolute atomic E-state index is 0.222. The van der Waals surface area contributed by atoms with E-state index in [-0.39, 0.29) is 11.5 Å². The average Bonchev–Trinajstić information content (AvgIpc) is 3.02. The maximum absolute atomic E-state index is 13.1. The summed E-state index contributed by atoms with van der Waals surface area (Å²) in [6.07, 6.45) is 2.95. The summed E-state index contributed by atoms with van der Waals surface area (Å²) in [7, 11) is 0. The molecule has 1 amide bonds. The number of hydrogen-bond donors (Lipinski definition) is 1. The van der Waals surface area contributed by atoms with Crippen molar-refractivity contribution < 1.29 is 4.79 Å². The molecule has 0 radical (unpaired) electrons. The Morgan fingerprint density at radius 3 is 2.93 bits per heavy atom. The molecular formula is C21H24N4O2S. The Morgan fingerprint density at radius 2 is 2.14 bits per heavy atom. The van der Waals surface area contributed by atoms with E-state index >= 15 is 0 Å². The van der Waals surface area contributed by atoms with Gasteiger partial charge in [0.05, 0.1) is 5.39 Å². The van der Waals surface area contributed by atoms with Gasteiger partial charge < -0.3 is 5.32 Å². The van der Waals surface area contributed by atoms with Gasteiger partial charge in [-0.2, -0.15) is 4.68 Å². The van der Waals surface area contributed by atoms with Crippen LogP contribution in [0.2, 0.25) is 0 Å². The molecule has 2 heterocycles. The van der Waals surface area contributed by atoms with E-state index < -0.39 is 6.04 Å². The van der Waals surface area contributed by atoms with Gasteiger partial charge in [0, 0.05) is 10.6 Å². The lowest BCUT2D eigenvalue weighted by Gasteiger charge is -2.18. The van der Waals surface area contributed by atoms with Gasteiger partial charge in [-0.3, -0.25) is 9.59 Å². The third-order valence-corrected chi connectivity index (χ3v) is 6.68. The van der Waals surface area contributed by atoms with Crippen molar-refractivity contribution in [2.75, 3.05) is 5.32 Å². The Morgan fingerprint density at radius 1 is 1.36 bits per heavy atom. The summed E-state index contributed by atoms with van der Waals surface area (Å²) in [6, 6.07) is 5.14. The van der Waals surface area contributed by atoms with Crippen LogP contribution in [0.15, 0.2) is 23.0 Å². The van der Waals surface area contributed by atoms with Crippen molar-refractivity contribution in [3.05, 3.63) is 50.1 Å². The number of nitrogens with zero attached hydrogens (tertiary/aromatic N) is 3. The van der Waals surface area contributed by atoms with Gasteiger partial charge in [0.15, 0.2) is 4.83 Å². The van der Waals surface area contributed by atoms with Crippen LogP contribution in [0.4, 0.5) is 5.69 Å². The number of anilines is 1. The zero-order chi connectivity index (χ0) is 20.0. The van der Waals surface area contributed by atoms with E-state index in [9.17, 15) is 9.59 Å². The highest BCUT2D eigenvalue weighted by molar-refractivity contribution is 7.18. The number of thiophene rings is 1. The molecule has 1 aliphatic rings. The normalized spacial score (nSPS) is 17.4. The van der Waals surface area contributed by atoms with E-state index in [1.807, 2.05) is 32.0 Å². The number of amides is 1. The molecule has 1 aromatic carbocycles. The summed E-state index contributed by atoms with van der Waals surface area (Å²) in [5.41, 5.74) is 3.67. The van der Waals surface area contributed by atoms with Crippen LogP contribution in [-0.2, 0) is 17.6 Å². The van der Waals surface area contributed by atoms with Gasteiger partial charge in [-0.05, 0) is 68.7 Å². The summed E-state index contributed by atoms with van der Waals surface area (Å²) < 4.78 is 1.22. The lowest BCUT2D eigenvalue weighted by molar-refractivity contribution is -0.119. The highest BCUT2D eigenvalue weighted by Crippen LogP contribution is 2.35. The SMILES string of the molecule is Cc1ccc(C)c(NC(=O)[C@@H](C)n2nnc3sc4c(c3c2=O)CC[C@H](C)C4)c1. The Kier molecular flexibility index (Phi) is 4.79. The highest BCUT2D eigenvalue weighted by Gasteiger charge is 2.26. The summed E-state index contributed by atoms with van der Waals surface area (Å²) in [6.45, 7) is 7.83. The van der Waals surface area contributed by atoms with E-state index in [2.05, 4.69) is 22.6 Å². The number of carbonyl (C=O) groups is 1. The maximum Gasteiger partial charge on any atom is 0.279 e. The second-order valence-corrected chi connectivity index (χ2v) is 8.94. The van der Waals surface area contributed by atoms with Crippen LogP contribution in [0.25, 0.3) is 10.2 Å². The number of hydrogen-bond acceptors (Lipinski definition) is 5. The predicted octanol–water partition coefficient (Wildman–Crippen LogP) is 3.79. The Hall–Kier alpha value is -2.54. The Bertz CT molecular complexity index is 1130. The Balaban J connectivity index is 1.68. The van der Waals surface area contributed by atoms with E-state index in [4.69, 9.17) is 0 Å². The maximum atomic E-state index is 13.1. The molecule has 28 heavy (non-hydrogen) atoms. The number of rotatable bonds is 3. The average molecular weight is 397 g/mol. The predicted molar refractivity (Wildman–Crippen MR) is 112 cm³/mol. The lowest BCUT2D eigenvalue weighted by Crippen LogP contribution is -2.34. The van der Waals surface area contributed by atoms with Crippen molar-refractivity contribution in [3.8, 4) is 0 Å². The van der Waals surface area contributed by atoms with Gasteiger partial charge in [0.1, 0.15) is 6.04 Å². The molecule has 2 atom stereocenters. The van der Waals surface area contributed by atoms with Crippen molar-refractivity contribution in [1.82, 2.24) is 15.0 Å². The highest BCUT2D eigenvalue weighted by atomic mass is 32.1. The first-order valence-corrected chi connectivity index (χ1v) is 10.4. The number of benzene rings is 1. The number of nitrogens with one attached hydrogen (secondary N) is 1. The van der Waals surface area contributed by atoms with E-state index in [1.54, 1.807) is 18.3 Å². The van der Waals surface area contributed by atoms with Crippen molar-refractivity contribution in [2.45, 2.75) is 53.0 Å². The first kappa shape index (κ1) is 18.8. The second kappa shape index (κ2) is 7.13. The van der Waals surface area contributed by atoms with Gasteiger partial charge in [0.2, 0.25) is 5.91 Å². The quantitative estimate of drug-likeness (QED) is 0.731. The van der Waals surface area contributed by atoms with E-state index in [0.717, 1.165) is 41.6 Å². The molecule has 7 heteroatoms. The van der Waals surface area contributed by atoms with Crippen molar-refractivity contribution in [3.63, 3.8) is 0 Å². The molecule has 0 spiro atoms. The topological polar surface area (TPSA) is 76.9 Å². The van der Waals surface area contributed by atoms with Gasteiger partial charge >= 0.3 is 0 Å². The molecule has 0 aliphatic heterocycles. The lowest BCUT2D eigenvalue weighted by atomic mass is 9.89. The van der Waals surface area contributed by atoms with Crippen LogP contribution in [-0.4, -0.2) is 20.9 Å². The second-order valence-electron chi connectivity index (χ2n) is 7.85. The summed E-state index contributed by atoms with van der Waals surface area (Å²) in [5, 5.41) is 11.9. The number of aromatic nitrogens is 3. The van der Waals surface area contributed by atoms with Crippen LogP contribution in [0.1, 0.15) is 47.9 Å². The van der Waals surface area contributed by atoms with Gasteiger partial charge in [0.25, 0.3) is 5.56 Å². The molecule has 3 aromatic rings. The molecule has 146 valence electrons. The fraction of sp³-hybridized carbons (Fsp3) is 0.429. The first-order chi connectivity index (χ1) is 13.3. The third kappa shape index (κ3) is 3.24. The van der Waals surface area contributed by atoms with Crippen LogP contribution in [0.3, 0.4) is 0 Å². The van der Waals surface area contributed by atoms with Crippen LogP contribution in [0.5, 0.6) is 0 Å². The molecule has 2 aromatic heterocycles. The molecule has 0 saturated heterocycles. The van der Waals surface area contributed by atoms with Gasteiger partial charge in [-0.15, -0.1) is 16.4 Å².